The Balaban J connectivity index is 2.06. The molecule has 0 spiro atoms. The molecular weight excluding hydrogens is 230 g/mol. The monoisotopic (exact) mass is 251 g/mol. The van der Waals surface area contributed by atoms with Gasteiger partial charge < -0.3 is 14.8 Å². The van der Waals surface area contributed by atoms with Crippen molar-refractivity contribution in [3.63, 3.8) is 0 Å². The Morgan fingerprint density at radius 1 is 1.00 bits per heavy atom. The Morgan fingerprint density at radius 2 is 1.56 bits per heavy atom. The molecule has 18 heavy (non-hydrogen) atoms. The van der Waals surface area contributed by atoms with Crippen LogP contribution in [0.2, 0.25) is 0 Å². The fourth-order valence-electron chi connectivity index (χ4n) is 2.28. The fourth-order valence-corrected chi connectivity index (χ4v) is 2.28. The predicted molar refractivity (Wildman–Crippen MR) is 70.2 cm³/mol. The highest BCUT2D eigenvalue weighted by Crippen LogP contribution is 2.22. The molecule has 0 aromatic carbocycles. The summed E-state index contributed by atoms with van der Waals surface area (Å²) in [5, 5.41) is 3.39. The zero-order chi connectivity index (χ0) is 12.8. The lowest BCUT2D eigenvalue weighted by Gasteiger charge is -2.16. The lowest BCUT2D eigenvalue weighted by molar-refractivity contribution is 0.372. The van der Waals surface area contributed by atoms with Gasteiger partial charge in [0.25, 0.3) is 0 Å². The van der Waals surface area contributed by atoms with Crippen LogP contribution in [0.5, 0.6) is 11.8 Å². The summed E-state index contributed by atoms with van der Waals surface area (Å²) in [4.78, 5) is 8.60. The standard InChI is InChI=1S/C13H21N3O2/c1-17-11-9-12(18-2)16-13(15-11)14-10-7-5-3-4-6-8-10/h9-10H,3-8H2,1-2H3,(H,14,15,16). The van der Waals surface area contributed by atoms with Crippen molar-refractivity contribution >= 4 is 5.95 Å². The van der Waals surface area contributed by atoms with Gasteiger partial charge in [0.05, 0.1) is 20.3 Å². The second-order valence-electron chi connectivity index (χ2n) is 4.61. The minimum Gasteiger partial charge on any atom is -0.481 e. The number of anilines is 1. The number of rotatable bonds is 4. The van der Waals surface area contributed by atoms with E-state index in [0.717, 1.165) is 0 Å². The summed E-state index contributed by atoms with van der Waals surface area (Å²) in [6.45, 7) is 0. The third kappa shape index (κ3) is 3.48. The van der Waals surface area contributed by atoms with Crippen LogP contribution >= 0.6 is 0 Å². The van der Waals surface area contributed by atoms with E-state index in [-0.39, 0.29) is 0 Å². The molecule has 100 valence electrons. The maximum atomic E-state index is 5.14. The predicted octanol–water partition coefficient (Wildman–Crippen LogP) is 2.63. The number of nitrogens with one attached hydrogen (secondary N) is 1. The average Bonchev–Trinajstić information content (AvgIpc) is 2.67. The lowest BCUT2D eigenvalue weighted by Crippen LogP contribution is -2.20. The minimum atomic E-state index is 0.462. The highest BCUT2D eigenvalue weighted by Gasteiger charge is 2.14. The summed E-state index contributed by atoms with van der Waals surface area (Å²) in [5.74, 6) is 1.65. The number of nitrogens with zero attached hydrogens (tertiary/aromatic N) is 2. The van der Waals surface area contributed by atoms with E-state index < -0.39 is 0 Å². The normalized spacial score (nSPS) is 17.0. The fraction of sp³-hybridized carbons (Fsp3) is 0.692. The molecular formula is C13H21N3O2. The summed E-state index contributed by atoms with van der Waals surface area (Å²) in [6, 6.07) is 2.14. The molecule has 1 aromatic rings. The molecule has 0 amide bonds. The van der Waals surface area contributed by atoms with E-state index in [9.17, 15) is 0 Å². The highest BCUT2D eigenvalue weighted by atomic mass is 16.5. The summed E-state index contributed by atoms with van der Waals surface area (Å²) in [6.07, 6.45) is 7.59. The number of methoxy groups -OCH3 is 2. The second kappa shape index (κ2) is 6.42. The van der Waals surface area contributed by atoms with Crippen molar-refractivity contribution in [3.05, 3.63) is 6.07 Å². The number of hydrogen-bond donors (Lipinski definition) is 1. The first-order valence-electron chi connectivity index (χ1n) is 6.55. The molecule has 1 aliphatic rings. The molecule has 5 heteroatoms. The van der Waals surface area contributed by atoms with E-state index in [1.54, 1.807) is 20.3 Å². The van der Waals surface area contributed by atoms with Crippen LogP contribution in [0.25, 0.3) is 0 Å². The molecule has 1 aliphatic carbocycles. The Labute approximate surface area is 108 Å². The first-order chi connectivity index (χ1) is 8.81. The van der Waals surface area contributed by atoms with Crippen LogP contribution < -0.4 is 14.8 Å². The van der Waals surface area contributed by atoms with Gasteiger partial charge in [0.15, 0.2) is 0 Å². The average molecular weight is 251 g/mol. The molecule has 1 N–H and O–H groups in total. The van der Waals surface area contributed by atoms with Crippen molar-refractivity contribution in [2.24, 2.45) is 0 Å². The molecule has 1 heterocycles. The molecule has 1 saturated carbocycles. The largest absolute Gasteiger partial charge is 0.481 e. The first-order valence-corrected chi connectivity index (χ1v) is 6.55. The Morgan fingerprint density at radius 3 is 2.06 bits per heavy atom. The molecule has 0 aliphatic heterocycles. The smallest absolute Gasteiger partial charge is 0.229 e. The zero-order valence-electron chi connectivity index (χ0n) is 11.1. The summed E-state index contributed by atoms with van der Waals surface area (Å²) < 4.78 is 10.3. The van der Waals surface area contributed by atoms with E-state index in [2.05, 4.69) is 15.3 Å². The van der Waals surface area contributed by atoms with Gasteiger partial charge in [-0.05, 0) is 12.8 Å². The number of aromatic nitrogens is 2. The summed E-state index contributed by atoms with van der Waals surface area (Å²) in [7, 11) is 3.19. The molecule has 0 unspecified atom stereocenters. The Bertz CT molecular complexity index is 354. The Hall–Kier alpha value is -1.52. The van der Waals surface area contributed by atoms with Crippen molar-refractivity contribution in [2.75, 3.05) is 19.5 Å². The maximum absolute atomic E-state index is 5.14. The summed E-state index contributed by atoms with van der Waals surface area (Å²) in [5.41, 5.74) is 0. The van der Waals surface area contributed by atoms with Gasteiger partial charge in [0.1, 0.15) is 0 Å². The van der Waals surface area contributed by atoms with E-state index in [1.807, 2.05) is 0 Å². The SMILES string of the molecule is COc1cc(OC)nc(NC2CCCCCC2)n1. The van der Waals surface area contributed by atoms with E-state index >= 15 is 0 Å². The molecule has 2 rings (SSSR count). The molecule has 0 radical (unpaired) electrons. The molecule has 1 aromatic heterocycles. The van der Waals surface area contributed by atoms with Gasteiger partial charge in [-0.25, -0.2) is 0 Å². The van der Waals surface area contributed by atoms with Crippen LogP contribution in [0.15, 0.2) is 6.07 Å². The van der Waals surface area contributed by atoms with Crippen LogP contribution in [0, 0.1) is 0 Å². The summed E-state index contributed by atoms with van der Waals surface area (Å²) >= 11 is 0. The van der Waals surface area contributed by atoms with E-state index in [0.29, 0.717) is 23.8 Å². The lowest BCUT2D eigenvalue weighted by atomic mass is 10.1. The quantitative estimate of drug-likeness (QED) is 0.834. The van der Waals surface area contributed by atoms with E-state index in [1.165, 1.54) is 38.5 Å². The number of hydrogen-bond acceptors (Lipinski definition) is 5. The molecule has 0 atom stereocenters. The highest BCUT2D eigenvalue weighted by molar-refractivity contribution is 5.34. The van der Waals surface area contributed by atoms with Crippen molar-refractivity contribution in [2.45, 2.75) is 44.6 Å². The van der Waals surface area contributed by atoms with Gasteiger partial charge in [0, 0.05) is 6.04 Å². The molecule has 0 bridgehead atoms. The molecule has 5 nitrogen and oxygen atoms in total. The van der Waals surface area contributed by atoms with Crippen LogP contribution in [-0.2, 0) is 0 Å². The van der Waals surface area contributed by atoms with Crippen LogP contribution in [0.4, 0.5) is 5.95 Å². The third-order valence-electron chi connectivity index (χ3n) is 3.29. The third-order valence-corrected chi connectivity index (χ3v) is 3.29. The van der Waals surface area contributed by atoms with E-state index in [4.69, 9.17) is 9.47 Å². The second-order valence-corrected chi connectivity index (χ2v) is 4.61. The van der Waals surface area contributed by atoms with Gasteiger partial charge in [-0.15, -0.1) is 0 Å². The van der Waals surface area contributed by atoms with Gasteiger partial charge in [-0.3, -0.25) is 0 Å². The van der Waals surface area contributed by atoms with Crippen molar-refractivity contribution < 1.29 is 9.47 Å². The first kappa shape index (κ1) is 12.9. The number of ether oxygens (including phenoxy) is 2. The van der Waals surface area contributed by atoms with Crippen LogP contribution in [-0.4, -0.2) is 30.2 Å². The maximum Gasteiger partial charge on any atom is 0.229 e. The van der Waals surface area contributed by atoms with Gasteiger partial charge >= 0.3 is 0 Å². The minimum absolute atomic E-state index is 0.462. The van der Waals surface area contributed by atoms with Crippen LogP contribution in [0.3, 0.4) is 0 Å². The molecule has 0 saturated heterocycles. The topological polar surface area (TPSA) is 56.3 Å². The van der Waals surface area contributed by atoms with Gasteiger partial charge in [-0.1, -0.05) is 25.7 Å². The molecule has 1 fully saturated rings. The van der Waals surface area contributed by atoms with Crippen LogP contribution in [0.1, 0.15) is 38.5 Å². The zero-order valence-corrected chi connectivity index (χ0v) is 11.1. The van der Waals surface area contributed by atoms with Crippen molar-refractivity contribution in [1.82, 2.24) is 9.97 Å². The van der Waals surface area contributed by atoms with Gasteiger partial charge in [-0.2, -0.15) is 9.97 Å². The van der Waals surface area contributed by atoms with Gasteiger partial charge in [0.2, 0.25) is 17.7 Å². The van der Waals surface area contributed by atoms with Crippen molar-refractivity contribution in [1.29, 1.82) is 0 Å². The Kier molecular flexibility index (Phi) is 4.61. The van der Waals surface area contributed by atoms with Crippen molar-refractivity contribution in [3.8, 4) is 11.8 Å².